The van der Waals surface area contributed by atoms with Crippen LogP contribution in [0.15, 0.2) is 18.2 Å². The summed E-state index contributed by atoms with van der Waals surface area (Å²) in [6, 6.07) is 4.37. The smallest absolute Gasteiger partial charge is 0.256 e. The van der Waals surface area contributed by atoms with Crippen molar-refractivity contribution in [3.05, 3.63) is 29.3 Å². The number of rotatable bonds is 0. The maximum atomic E-state index is 11.4. The molecule has 1 heterocycles. The number of amides is 1. The van der Waals surface area contributed by atoms with Gasteiger partial charge in [-0.2, -0.15) is 0 Å². The van der Waals surface area contributed by atoms with Crippen molar-refractivity contribution < 1.29 is 15.0 Å². The van der Waals surface area contributed by atoms with Gasteiger partial charge in [0.1, 0.15) is 5.75 Å². The molecular weight excluding hydrogens is 170 g/mol. The highest BCUT2D eigenvalue weighted by Crippen LogP contribution is 2.31. The van der Waals surface area contributed by atoms with Gasteiger partial charge < -0.3 is 15.1 Å². The first-order valence-corrected chi connectivity index (χ1v) is 3.89. The van der Waals surface area contributed by atoms with Gasteiger partial charge in [0.25, 0.3) is 5.91 Å². The van der Waals surface area contributed by atoms with Gasteiger partial charge in [-0.15, -0.1) is 0 Å². The number of fused-ring (bicyclic) bond motifs is 1. The van der Waals surface area contributed by atoms with E-state index in [-0.39, 0.29) is 11.7 Å². The predicted molar refractivity (Wildman–Crippen MR) is 45.2 cm³/mol. The molecule has 0 bridgehead atoms. The molecule has 68 valence electrons. The molecule has 2 N–H and O–H groups in total. The van der Waals surface area contributed by atoms with E-state index in [1.807, 2.05) is 0 Å². The van der Waals surface area contributed by atoms with Crippen molar-refractivity contribution in [3.8, 4) is 5.75 Å². The van der Waals surface area contributed by atoms with Crippen molar-refractivity contribution in [1.29, 1.82) is 0 Å². The van der Waals surface area contributed by atoms with Crippen LogP contribution in [0.4, 0.5) is 0 Å². The van der Waals surface area contributed by atoms with Gasteiger partial charge in [0.05, 0.1) is 5.56 Å². The summed E-state index contributed by atoms with van der Waals surface area (Å²) >= 11 is 0. The first kappa shape index (κ1) is 8.07. The number of nitrogens with zero attached hydrogens (tertiary/aromatic N) is 1. The van der Waals surface area contributed by atoms with Crippen LogP contribution in [0.2, 0.25) is 0 Å². The lowest BCUT2D eigenvalue weighted by molar-refractivity contribution is 0.0302. The van der Waals surface area contributed by atoms with E-state index < -0.39 is 6.23 Å². The van der Waals surface area contributed by atoms with E-state index in [9.17, 15) is 9.90 Å². The van der Waals surface area contributed by atoms with E-state index in [0.717, 1.165) is 0 Å². The van der Waals surface area contributed by atoms with E-state index in [0.29, 0.717) is 11.1 Å². The molecule has 0 aliphatic carbocycles. The molecule has 4 nitrogen and oxygen atoms in total. The minimum atomic E-state index is -0.886. The molecule has 1 aliphatic rings. The molecule has 0 saturated carbocycles. The molecule has 1 aromatic rings. The van der Waals surface area contributed by atoms with Gasteiger partial charge in [-0.25, -0.2) is 0 Å². The number of benzene rings is 1. The van der Waals surface area contributed by atoms with E-state index in [4.69, 9.17) is 5.11 Å². The van der Waals surface area contributed by atoms with Crippen molar-refractivity contribution >= 4 is 5.91 Å². The first-order valence-electron chi connectivity index (χ1n) is 3.89. The number of aliphatic hydroxyl groups is 1. The van der Waals surface area contributed by atoms with Crippen molar-refractivity contribution in [2.75, 3.05) is 7.05 Å². The summed E-state index contributed by atoms with van der Waals surface area (Å²) in [4.78, 5) is 12.6. The predicted octanol–water partition coefficient (Wildman–Crippen LogP) is 0.469. The zero-order valence-corrected chi connectivity index (χ0v) is 7.06. The second-order valence-electron chi connectivity index (χ2n) is 3.06. The fourth-order valence-electron chi connectivity index (χ4n) is 1.46. The van der Waals surface area contributed by atoms with E-state index >= 15 is 0 Å². The number of hydrogen-bond donors (Lipinski definition) is 2. The average molecular weight is 179 g/mol. The highest BCUT2D eigenvalue weighted by atomic mass is 16.3. The molecule has 1 atom stereocenters. The van der Waals surface area contributed by atoms with Gasteiger partial charge in [-0.05, 0) is 12.1 Å². The van der Waals surface area contributed by atoms with Crippen LogP contribution < -0.4 is 0 Å². The molecule has 2 rings (SSSR count). The summed E-state index contributed by atoms with van der Waals surface area (Å²) in [6.07, 6.45) is -0.886. The molecule has 1 aliphatic heterocycles. The second-order valence-corrected chi connectivity index (χ2v) is 3.06. The molecule has 13 heavy (non-hydrogen) atoms. The Hall–Kier alpha value is -1.55. The maximum Gasteiger partial charge on any atom is 0.256 e. The van der Waals surface area contributed by atoms with Gasteiger partial charge in [0, 0.05) is 12.6 Å². The Morgan fingerprint density at radius 2 is 2.15 bits per heavy atom. The maximum absolute atomic E-state index is 11.4. The fourth-order valence-corrected chi connectivity index (χ4v) is 1.46. The molecule has 0 aromatic heterocycles. The van der Waals surface area contributed by atoms with Crippen LogP contribution >= 0.6 is 0 Å². The van der Waals surface area contributed by atoms with Crippen LogP contribution in [-0.2, 0) is 0 Å². The number of aliphatic hydroxyl groups excluding tert-OH is 1. The summed E-state index contributed by atoms with van der Waals surface area (Å²) < 4.78 is 0. The zero-order valence-electron chi connectivity index (χ0n) is 7.06. The molecule has 0 spiro atoms. The van der Waals surface area contributed by atoms with Crippen molar-refractivity contribution in [3.63, 3.8) is 0 Å². The zero-order chi connectivity index (χ0) is 9.59. The second kappa shape index (κ2) is 2.47. The SMILES string of the molecule is CN1C(=O)c2cc(O)ccc2C1O. The normalized spacial score (nSPS) is 20.6. The molecule has 0 saturated heterocycles. The summed E-state index contributed by atoms with van der Waals surface area (Å²) in [5.41, 5.74) is 0.917. The summed E-state index contributed by atoms with van der Waals surface area (Å²) in [7, 11) is 1.52. The number of carbonyl (C=O) groups is 1. The molecule has 0 radical (unpaired) electrons. The third-order valence-corrected chi connectivity index (χ3v) is 2.23. The molecule has 1 amide bonds. The third-order valence-electron chi connectivity index (χ3n) is 2.23. The lowest BCUT2D eigenvalue weighted by atomic mass is 10.1. The highest BCUT2D eigenvalue weighted by molar-refractivity contribution is 5.99. The minimum Gasteiger partial charge on any atom is -0.508 e. The average Bonchev–Trinajstić information content (AvgIpc) is 2.32. The summed E-state index contributed by atoms with van der Waals surface area (Å²) in [5.74, 6) is -0.229. The molecule has 1 unspecified atom stereocenters. The van der Waals surface area contributed by atoms with Crippen LogP contribution in [0.1, 0.15) is 22.1 Å². The van der Waals surface area contributed by atoms with Crippen LogP contribution in [0.5, 0.6) is 5.75 Å². The van der Waals surface area contributed by atoms with Crippen molar-refractivity contribution in [2.24, 2.45) is 0 Å². The summed E-state index contributed by atoms with van der Waals surface area (Å²) in [5, 5.41) is 18.7. The van der Waals surface area contributed by atoms with E-state index in [1.54, 1.807) is 6.07 Å². The molecular formula is C9H9NO3. The minimum absolute atomic E-state index is 0.0367. The monoisotopic (exact) mass is 179 g/mol. The number of hydrogen-bond acceptors (Lipinski definition) is 3. The number of carbonyl (C=O) groups excluding carboxylic acids is 1. The van der Waals surface area contributed by atoms with Gasteiger partial charge in [-0.3, -0.25) is 4.79 Å². The lowest BCUT2D eigenvalue weighted by Crippen LogP contribution is -2.22. The molecule has 1 aromatic carbocycles. The Kier molecular flexibility index (Phi) is 1.53. The van der Waals surface area contributed by atoms with Gasteiger partial charge in [-0.1, -0.05) is 6.07 Å². The number of phenols is 1. The van der Waals surface area contributed by atoms with Crippen molar-refractivity contribution in [2.45, 2.75) is 6.23 Å². The van der Waals surface area contributed by atoms with Crippen LogP contribution in [0.3, 0.4) is 0 Å². The first-order chi connectivity index (χ1) is 6.11. The standard InChI is InChI=1S/C9H9NO3/c1-10-8(12)6-3-2-5(11)4-7(6)9(10)13/h2-4,8,11-12H,1H3. The quantitative estimate of drug-likeness (QED) is 0.608. The van der Waals surface area contributed by atoms with E-state index in [2.05, 4.69) is 0 Å². The highest BCUT2D eigenvalue weighted by Gasteiger charge is 2.32. The van der Waals surface area contributed by atoms with Crippen LogP contribution in [0, 0.1) is 0 Å². The Morgan fingerprint density at radius 1 is 1.46 bits per heavy atom. The molecule has 4 heteroatoms. The number of aromatic hydroxyl groups is 1. The van der Waals surface area contributed by atoms with Gasteiger partial charge in [0.15, 0.2) is 6.23 Å². The Labute approximate surface area is 75.0 Å². The van der Waals surface area contributed by atoms with E-state index in [1.165, 1.54) is 24.1 Å². The Balaban J connectivity index is 2.60. The van der Waals surface area contributed by atoms with Crippen molar-refractivity contribution in [1.82, 2.24) is 4.90 Å². The molecule has 0 fully saturated rings. The van der Waals surface area contributed by atoms with Gasteiger partial charge in [0.2, 0.25) is 0 Å². The van der Waals surface area contributed by atoms with Crippen LogP contribution in [-0.4, -0.2) is 28.1 Å². The lowest BCUT2D eigenvalue weighted by Gasteiger charge is -2.13. The number of phenolic OH excluding ortho intramolecular Hbond substituents is 1. The van der Waals surface area contributed by atoms with Gasteiger partial charge >= 0.3 is 0 Å². The largest absolute Gasteiger partial charge is 0.508 e. The Bertz CT molecular complexity index is 375. The Morgan fingerprint density at radius 3 is 2.85 bits per heavy atom. The summed E-state index contributed by atoms with van der Waals surface area (Å²) in [6.45, 7) is 0. The fraction of sp³-hybridized carbons (Fsp3) is 0.222. The topological polar surface area (TPSA) is 60.8 Å². The third kappa shape index (κ3) is 0.990. The van der Waals surface area contributed by atoms with Crippen LogP contribution in [0.25, 0.3) is 0 Å².